The fourth-order valence-corrected chi connectivity index (χ4v) is 7.10. The van der Waals surface area contributed by atoms with Crippen molar-refractivity contribution in [2.75, 3.05) is 149 Å². The lowest BCUT2D eigenvalue weighted by Crippen LogP contribution is -2.45. The first kappa shape index (κ1) is 98.1. The zero-order valence-electron chi connectivity index (χ0n) is 60.3. The van der Waals surface area contributed by atoms with E-state index in [0.717, 1.165) is 121 Å². The highest BCUT2D eigenvalue weighted by Crippen LogP contribution is 2.01. The van der Waals surface area contributed by atoms with Crippen LogP contribution in [0.4, 0.5) is 0 Å². The highest BCUT2D eigenvalue weighted by atomic mass is 16.4. The SMILES string of the molecule is CCCC.CCCNC(CCCN=C(N)N)C(=O)NCC.CCCNC(CCCNC(=NC)NC)C(=O)NCC.CCN.CCNC(=O)C(CCCNC(=NC)NC)NC.CCNC(=O)C(N)CCCNC(=NC)NC.CN=C(NC)NCCCC(NC)C(=O)O. The van der Waals surface area contributed by atoms with E-state index >= 15 is 0 Å². The minimum absolute atomic E-state index is 0.0469. The Morgan fingerprint density at radius 2 is 0.681 bits per heavy atom. The van der Waals surface area contributed by atoms with Crippen LogP contribution in [0.3, 0.4) is 0 Å². The molecular weight excluding hydrogens is 1170 g/mol. The van der Waals surface area contributed by atoms with Gasteiger partial charge < -0.3 is 113 Å². The highest BCUT2D eigenvalue weighted by Gasteiger charge is 2.18. The smallest absolute Gasteiger partial charge is 0.320 e. The number of amides is 4. The predicted molar refractivity (Wildman–Crippen MR) is 384 cm³/mol. The third-order valence-corrected chi connectivity index (χ3v) is 12.1. The molecule has 540 valence electrons. The first-order valence-electron chi connectivity index (χ1n) is 32.8. The molecule has 0 saturated heterocycles. The number of carbonyl (C=O) groups is 5. The molecule has 5 unspecified atom stereocenters. The van der Waals surface area contributed by atoms with E-state index in [1.165, 1.54) is 12.8 Å². The molecule has 91 heavy (non-hydrogen) atoms. The van der Waals surface area contributed by atoms with Gasteiger partial charge in [0.15, 0.2) is 29.8 Å². The number of guanidine groups is 5. The van der Waals surface area contributed by atoms with Crippen molar-refractivity contribution in [3.63, 3.8) is 0 Å². The monoisotopic (exact) mass is 1310 g/mol. The largest absolute Gasteiger partial charge is 0.480 e. The van der Waals surface area contributed by atoms with Crippen molar-refractivity contribution in [3.8, 4) is 0 Å². The Hall–Kier alpha value is -6.54. The van der Waals surface area contributed by atoms with Gasteiger partial charge in [0.05, 0.1) is 24.2 Å². The molecule has 0 aromatic rings. The van der Waals surface area contributed by atoms with E-state index in [2.05, 4.69) is 138 Å². The summed E-state index contributed by atoms with van der Waals surface area (Å²) in [4.78, 5) is 77.0. The van der Waals surface area contributed by atoms with Gasteiger partial charge in [0, 0.05) is 115 Å². The first-order chi connectivity index (χ1) is 43.6. The van der Waals surface area contributed by atoms with Crippen molar-refractivity contribution in [1.29, 1.82) is 0 Å². The highest BCUT2D eigenvalue weighted by molar-refractivity contribution is 5.84. The average Bonchev–Trinajstić information content (AvgIpc) is 3.69. The molecule has 0 spiro atoms. The van der Waals surface area contributed by atoms with Crippen LogP contribution in [-0.4, -0.2) is 244 Å². The van der Waals surface area contributed by atoms with Gasteiger partial charge in [0.1, 0.15) is 6.04 Å². The molecule has 0 aliphatic rings. The average molecular weight is 1310 g/mol. The predicted octanol–water partition coefficient (Wildman–Crippen LogP) is -1.07. The summed E-state index contributed by atoms with van der Waals surface area (Å²) in [6, 6.07) is -1.25. The van der Waals surface area contributed by atoms with Crippen LogP contribution in [0.5, 0.6) is 0 Å². The summed E-state index contributed by atoms with van der Waals surface area (Å²) in [5, 5.41) is 56.4. The van der Waals surface area contributed by atoms with Gasteiger partial charge in [0.2, 0.25) is 23.6 Å². The molecule has 0 radical (unpaired) electrons. The maximum absolute atomic E-state index is 11.9. The number of aliphatic carboxylic acids is 1. The number of hydrogen-bond donors (Lipinski definition) is 21. The lowest BCUT2D eigenvalue weighted by molar-refractivity contribution is -0.139. The van der Waals surface area contributed by atoms with Crippen LogP contribution < -0.4 is 108 Å². The number of carboxylic acid groups (broad SMARTS) is 1. The zero-order chi connectivity index (χ0) is 70.9. The first-order valence-corrected chi connectivity index (χ1v) is 32.8. The Morgan fingerprint density at radius 3 is 0.945 bits per heavy atom. The van der Waals surface area contributed by atoms with Crippen molar-refractivity contribution in [3.05, 3.63) is 0 Å². The second-order valence-electron chi connectivity index (χ2n) is 19.6. The van der Waals surface area contributed by atoms with Gasteiger partial charge in [-0.15, -0.1) is 0 Å². The van der Waals surface area contributed by atoms with E-state index in [1.54, 1.807) is 56.4 Å². The number of carboxylic acids is 1. The second-order valence-corrected chi connectivity index (χ2v) is 19.6. The summed E-state index contributed by atoms with van der Waals surface area (Å²) in [5.74, 6) is 2.41. The Balaban J connectivity index is -0.000000189. The third-order valence-electron chi connectivity index (χ3n) is 12.1. The molecular formula is C60H139N25O6. The number of nitrogens with two attached hydrogens (primary N) is 4. The summed E-state index contributed by atoms with van der Waals surface area (Å²) in [6.07, 6.45) is 12.5. The van der Waals surface area contributed by atoms with Gasteiger partial charge in [-0.2, -0.15) is 0 Å². The van der Waals surface area contributed by atoms with E-state index in [4.69, 9.17) is 28.0 Å². The fourth-order valence-electron chi connectivity index (χ4n) is 7.10. The van der Waals surface area contributed by atoms with Gasteiger partial charge in [-0.1, -0.05) is 47.5 Å². The van der Waals surface area contributed by atoms with Gasteiger partial charge in [-0.3, -0.25) is 48.9 Å². The van der Waals surface area contributed by atoms with Gasteiger partial charge in [-0.25, -0.2) is 0 Å². The molecule has 0 saturated carbocycles. The standard InChI is InChI=1S/C13H29N5O.2C11H25N5O.C10H23N5O.C9H20N4O2.C4H10.C2H7N/c1-5-9-17-11(12(19)16-6-2)8-7-10-18-13(14-3)15-4;1-5-15-10(17)9(12-2)7-6-8-16-11(13-3)14-4;1-3-7-15-9(10(17)14-4-2)6-5-8-16-11(12)13;1-4-14-9(16)8(11)6-5-7-15-10(12-2)13-3;1-10-7(8(14)15)5-4-6-13-9(11-2)12-3;1-3-4-2;1-2-3/h11,17H,5-10H2,1-4H3,(H,16,19)(H2,14,15,18);9,12H,5-8H2,1-4H3,(H,15,17)(H2,13,14,16);9,15H,3-8H2,1-2H3,(H,14,17)(H4,12,13,16);8H,4-7,11H2,1-3H3,(H,14,16)(H2,12,13,15);7,10H,4-6H2,1-3H3,(H,14,15)(H2,11,12,13);3-4H2,1-2H3;2-3H2,1H3. The normalized spacial score (nSPS) is 12.4. The number of rotatable bonds is 38. The Bertz CT molecular complexity index is 1830. The van der Waals surface area contributed by atoms with E-state index in [1.807, 2.05) is 48.7 Å². The number of nitrogens with zero attached hydrogens (tertiary/aromatic N) is 5. The second kappa shape index (κ2) is 77.7. The molecule has 4 amide bonds. The molecule has 0 heterocycles. The van der Waals surface area contributed by atoms with Crippen LogP contribution >= 0.6 is 0 Å². The fraction of sp³-hybridized carbons (Fsp3) is 0.833. The maximum atomic E-state index is 11.9. The number of carbonyl (C=O) groups excluding carboxylic acids is 4. The molecule has 31 nitrogen and oxygen atoms in total. The third kappa shape index (κ3) is 69.2. The molecule has 0 aliphatic carbocycles. The molecule has 31 heteroatoms. The van der Waals surface area contributed by atoms with E-state index in [9.17, 15) is 24.0 Å². The van der Waals surface area contributed by atoms with E-state index in [-0.39, 0.29) is 47.7 Å². The number of hydrogen-bond acceptors (Lipinski definition) is 16. The molecule has 0 rings (SSSR count). The number of aliphatic imine (C=N–C) groups is 5. The van der Waals surface area contributed by atoms with E-state index < -0.39 is 18.1 Å². The Kier molecular flexibility index (Phi) is 83.7. The molecule has 0 bridgehead atoms. The van der Waals surface area contributed by atoms with Crippen LogP contribution in [0.15, 0.2) is 25.0 Å². The summed E-state index contributed by atoms with van der Waals surface area (Å²) >= 11 is 0. The van der Waals surface area contributed by atoms with Crippen molar-refractivity contribution >= 4 is 59.4 Å². The van der Waals surface area contributed by atoms with E-state index in [0.29, 0.717) is 58.1 Å². The van der Waals surface area contributed by atoms with Gasteiger partial charge in [0.25, 0.3) is 0 Å². The Labute approximate surface area is 551 Å². The van der Waals surface area contributed by atoms with Crippen LogP contribution in [0.25, 0.3) is 0 Å². The van der Waals surface area contributed by atoms with Crippen molar-refractivity contribution in [2.45, 2.75) is 182 Å². The molecule has 25 N–H and O–H groups in total. The summed E-state index contributed by atoms with van der Waals surface area (Å²) in [7, 11) is 17.5. The lowest BCUT2D eigenvalue weighted by Gasteiger charge is -2.18. The van der Waals surface area contributed by atoms with Crippen molar-refractivity contribution < 1.29 is 29.1 Å². The van der Waals surface area contributed by atoms with Crippen LogP contribution in [0.2, 0.25) is 0 Å². The number of unbranched alkanes of at least 4 members (excludes halogenated alkanes) is 1. The number of likely N-dealkylation sites (N-methyl/N-ethyl adjacent to an activating group) is 6. The lowest BCUT2D eigenvalue weighted by atomic mass is 10.1. The molecule has 0 fully saturated rings. The zero-order valence-corrected chi connectivity index (χ0v) is 60.3. The minimum atomic E-state index is -0.810. The summed E-state index contributed by atoms with van der Waals surface area (Å²) in [5.41, 5.74) is 21.0. The van der Waals surface area contributed by atoms with Crippen molar-refractivity contribution in [2.24, 2.45) is 47.9 Å². The van der Waals surface area contributed by atoms with Crippen LogP contribution in [0.1, 0.15) is 152 Å². The molecule has 0 aromatic carbocycles. The van der Waals surface area contributed by atoms with Crippen LogP contribution in [-0.2, 0) is 24.0 Å². The van der Waals surface area contributed by atoms with Gasteiger partial charge in [-0.05, 0) is 138 Å². The maximum Gasteiger partial charge on any atom is 0.320 e. The minimum Gasteiger partial charge on any atom is -0.480 e. The Morgan fingerprint density at radius 1 is 0.396 bits per heavy atom. The topological polar surface area (TPSA) is 464 Å². The molecule has 0 aliphatic heterocycles. The van der Waals surface area contributed by atoms with Gasteiger partial charge >= 0.3 is 5.97 Å². The number of nitrogens with one attached hydrogen (secondary N) is 16. The summed E-state index contributed by atoms with van der Waals surface area (Å²) < 4.78 is 0. The van der Waals surface area contributed by atoms with Crippen molar-refractivity contribution in [1.82, 2.24) is 85.1 Å². The quantitative estimate of drug-likeness (QED) is 0.0199. The molecule has 5 atom stereocenters. The summed E-state index contributed by atoms with van der Waals surface area (Å²) in [6.45, 7) is 26.8. The molecule has 0 aromatic heterocycles. The van der Waals surface area contributed by atoms with Crippen LogP contribution in [0, 0.1) is 0 Å².